The minimum atomic E-state index is -0.358. The van der Waals surface area contributed by atoms with E-state index in [-0.39, 0.29) is 18.0 Å². The van der Waals surface area contributed by atoms with E-state index in [1.165, 1.54) is 36.7 Å². The summed E-state index contributed by atoms with van der Waals surface area (Å²) in [5.41, 5.74) is 1.08. The Morgan fingerprint density at radius 3 is 2.63 bits per heavy atom. The van der Waals surface area contributed by atoms with Crippen LogP contribution in [-0.2, 0) is 11.3 Å². The van der Waals surface area contributed by atoms with E-state index in [1.54, 1.807) is 13.2 Å². The molecule has 3 aromatic rings. The molecule has 4 rings (SSSR count). The average Bonchev–Trinajstić information content (AvgIpc) is 3.24. The Balaban J connectivity index is 1.44. The van der Waals surface area contributed by atoms with Crippen LogP contribution in [0.5, 0.6) is 5.75 Å². The lowest BCUT2D eigenvalue weighted by molar-refractivity contribution is -0.117. The van der Waals surface area contributed by atoms with Crippen LogP contribution < -0.4 is 15.6 Å². The van der Waals surface area contributed by atoms with Gasteiger partial charge in [0.25, 0.3) is 5.56 Å². The average molecular weight is 426 g/mol. The van der Waals surface area contributed by atoms with Gasteiger partial charge in [-0.1, -0.05) is 30.6 Å². The molecule has 0 bridgehead atoms. The smallest absolute Gasteiger partial charge is 0.267 e. The van der Waals surface area contributed by atoms with E-state index in [0.717, 1.165) is 33.8 Å². The van der Waals surface area contributed by atoms with Crippen molar-refractivity contribution in [1.29, 1.82) is 0 Å². The Hall–Kier alpha value is -3.07. The van der Waals surface area contributed by atoms with Crippen molar-refractivity contribution in [3.63, 3.8) is 0 Å². The predicted octanol–water partition coefficient (Wildman–Crippen LogP) is 3.46. The Kier molecular flexibility index (Phi) is 6.18. The standard InChI is InChI=1S/C21H23N5O3S/c1-29-16-9-7-14(8-10-16)17-11-12-19(28)26(25-17)13-18(27)22-21-24-23-20(30-21)15-5-3-2-4-6-15/h7-12,15H,2-6,13H2,1H3,(H,22,24,27). The fourth-order valence-corrected chi connectivity index (χ4v) is 4.50. The lowest BCUT2D eigenvalue weighted by Gasteiger charge is -2.18. The summed E-state index contributed by atoms with van der Waals surface area (Å²) in [6.07, 6.45) is 5.95. The third-order valence-electron chi connectivity index (χ3n) is 5.19. The number of methoxy groups -OCH3 is 1. The van der Waals surface area contributed by atoms with E-state index in [0.29, 0.717) is 16.7 Å². The van der Waals surface area contributed by atoms with Gasteiger partial charge in [-0.2, -0.15) is 5.10 Å². The minimum Gasteiger partial charge on any atom is -0.497 e. The van der Waals surface area contributed by atoms with E-state index in [1.807, 2.05) is 24.3 Å². The van der Waals surface area contributed by atoms with Crippen molar-refractivity contribution >= 4 is 22.4 Å². The molecule has 9 heteroatoms. The zero-order valence-electron chi connectivity index (χ0n) is 16.7. The number of rotatable bonds is 6. The zero-order chi connectivity index (χ0) is 20.9. The lowest BCUT2D eigenvalue weighted by Crippen LogP contribution is -2.29. The van der Waals surface area contributed by atoms with Gasteiger partial charge in [-0.05, 0) is 43.2 Å². The van der Waals surface area contributed by atoms with Crippen LogP contribution in [0.1, 0.15) is 43.0 Å². The largest absolute Gasteiger partial charge is 0.497 e. The van der Waals surface area contributed by atoms with Gasteiger partial charge < -0.3 is 4.74 Å². The summed E-state index contributed by atoms with van der Waals surface area (Å²) in [7, 11) is 1.60. The van der Waals surface area contributed by atoms with E-state index in [4.69, 9.17) is 4.74 Å². The number of ether oxygens (including phenoxy) is 1. The fourth-order valence-electron chi connectivity index (χ4n) is 3.57. The van der Waals surface area contributed by atoms with Crippen LogP contribution in [-0.4, -0.2) is 33.0 Å². The van der Waals surface area contributed by atoms with Crippen LogP contribution in [0.2, 0.25) is 0 Å². The maximum Gasteiger partial charge on any atom is 0.267 e. The highest BCUT2D eigenvalue weighted by molar-refractivity contribution is 7.15. The zero-order valence-corrected chi connectivity index (χ0v) is 17.5. The van der Waals surface area contributed by atoms with Crippen LogP contribution >= 0.6 is 11.3 Å². The van der Waals surface area contributed by atoms with E-state index in [2.05, 4.69) is 20.6 Å². The molecule has 0 spiro atoms. The number of benzene rings is 1. The third kappa shape index (κ3) is 4.73. The van der Waals surface area contributed by atoms with Crippen molar-refractivity contribution in [3.8, 4) is 17.0 Å². The number of anilines is 1. The van der Waals surface area contributed by atoms with Crippen LogP contribution in [0.25, 0.3) is 11.3 Å². The van der Waals surface area contributed by atoms with Crippen molar-refractivity contribution in [1.82, 2.24) is 20.0 Å². The molecule has 0 saturated heterocycles. The van der Waals surface area contributed by atoms with Gasteiger partial charge in [-0.3, -0.25) is 14.9 Å². The molecule has 1 saturated carbocycles. The Morgan fingerprint density at radius 1 is 1.13 bits per heavy atom. The van der Waals surface area contributed by atoms with E-state index >= 15 is 0 Å². The number of carbonyl (C=O) groups is 1. The predicted molar refractivity (Wildman–Crippen MR) is 115 cm³/mol. The first kappa shape index (κ1) is 20.2. The molecule has 0 radical (unpaired) electrons. The fraction of sp³-hybridized carbons (Fsp3) is 0.381. The van der Waals surface area contributed by atoms with Crippen LogP contribution in [0.4, 0.5) is 5.13 Å². The monoisotopic (exact) mass is 425 g/mol. The number of hydrogen-bond acceptors (Lipinski definition) is 7. The Labute approximate surface area is 177 Å². The van der Waals surface area contributed by atoms with Gasteiger partial charge in [0, 0.05) is 17.5 Å². The van der Waals surface area contributed by atoms with E-state index in [9.17, 15) is 9.59 Å². The first-order valence-corrected chi connectivity index (χ1v) is 10.8. The molecule has 0 aliphatic heterocycles. The van der Waals surface area contributed by atoms with Crippen LogP contribution in [0.15, 0.2) is 41.2 Å². The number of nitrogens with one attached hydrogen (secondary N) is 1. The van der Waals surface area contributed by atoms with Crippen LogP contribution in [0, 0.1) is 0 Å². The van der Waals surface area contributed by atoms with Gasteiger partial charge in [-0.15, -0.1) is 10.2 Å². The van der Waals surface area contributed by atoms with Gasteiger partial charge in [-0.25, -0.2) is 4.68 Å². The highest BCUT2D eigenvalue weighted by atomic mass is 32.1. The molecular formula is C21H23N5O3S. The number of carbonyl (C=O) groups excluding carboxylic acids is 1. The molecule has 0 unspecified atom stereocenters. The maximum atomic E-state index is 12.5. The first-order chi connectivity index (χ1) is 14.6. The molecule has 1 N–H and O–H groups in total. The molecule has 1 aromatic carbocycles. The number of nitrogens with zero attached hydrogens (tertiary/aromatic N) is 4. The summed E-state index contributed by atoms with van der Waals surface area (Å²) < 4.78 is 6.31. The van der Waals surface area contributed by atoms with Crippen molar-refractivity contribution in [3.05, 3.63) is 51.8 Å². The lowest BCUT2D eigenvalue weighted by atomic mass is 9.90. The molecule has 0 atom stereocenters. The van der Waals surface area contributed by atoms with Crippen molar-refractivity contribution in [2.45, 2.75) is 44.6 Å². The normalized spacial score (nSPS) is 14.4. The number of aromatic nitrogens is 4. The highest BCUT2D eigenvalue weighted by Crippen LogP contribution is 2.35. The molecular weight excluding hydrogens is 402 g/mol. The van der Waals surface area contributed by atoms with Crippen molar-refractivity contribution < 1.29 is 9.53 Å². The second-order valence-electron chi connectivity index (χ2n) is 7.27. The summed E-state index contributed by atoms with van der Waals surface area (Å²) in [6.45, 7) is -0.193. The Morgan fingerprint density at radius 2 is 1.90 bits per heavy atom. The van der Waals surface area contributed by atoms with Crippen molar-refractivity contribution in [2.75, 3.05) is 12.4 Å². The topological polar surface area (TPSA) is 99.0 Å². The molecule has 156 valence electrons. The molecule has 2 aromatic heterocycles. The van der Waals surface area contributed by atoms with Crippen molar-refractivity contribution in [2.24, 2.45) is 0 Å². The second-order valence-corrected chi connectivity index (χ2v) is 8.28. The minimum absolute atomic E-state index is 0.193. The third-order valence-corrected chi connectivity index (χ3v) is 6.19. The summed E-state index contributed by atoms with van der Waals surface area (Å²) >= 11 is 1.41. The molecule has 1 amide bonds. The summed E-state index contributed by atoms with van der Waals surface area (Å²) in [5, 5.41) is 16.8. The summed E-state index contributed by atoms with van der Waals surface area (Å²) in [4.78, 5) is 24.6. The molecule has 2 heterocycles. The van der Waals surface area contributed by atoms with E-state index < -0.39 is 0 Å². The van der Waals surface area contributed by atoms with Gasteiger partial charge in [0.05, 0.1) is 12.8 Å². The maximum absolute atomic E-state index is 12.5. The first-order valence-electron chi connectivity index (χ1n) is 9.98. The second kappa shape index (κ2) is 9.17. The van der Waals surface area contributed by atoms with Gasteiger partial charge >= 0.3 is 0 Å². The van der Waals surface area contributed by atoms with Gasteiger partial charge in [0.15, 0.2) is 0 Å². The van der Waals surface area contributed by atoms with Crippen LogP contribution in [0.3, 0.4) is 0 Å². The quantitative estimate of drug-likeness (QED) is 0.649. The summed E-state index contributed by atoms with van der Waals surface area (Å²) in [5.74, 6) is 0.811. The molecule has 1 fully saturated rings. The SMILES string of the molecule is COc1ccc(-c2ccc(=O)n(CC(=O)Nc3nnc(C4CCCCC4)s3)n2)cc1. The molecule has 1 aliphatic carbocycles. The Bertz CT molecular complexity index is 1070. The molecule has 8 nitrogen and oxygen atoms in total. The van der Waals surface area contributed by atoms with Gasteiger partial charge in [0.1, 0.15) is 17.3 Å². The molecule has 30 heavy (non-hydrogen) atoms. The number of hydrogen-bond donors (Lipinski definition) is 1. The van der Waals surface area contributed by atoms with Gasteiger partial charge in [0.2, 0.25) is 11.0 Å². The summed E-state index contributed by atoms with van der Waals surface area (Å²) in [6, 6.07) is 10.4. The number of amides is 1. The molecule has 1 aliphatic rings. The highest BCUT2D eigenvalue weighted by Gasteiger charge is 2.20.